The first-order valence-corrected chi connectivity index (χ1v) is 4.52. The highest BCUT2D eigenvalue weighted by Gasteiger charge is 2.00. The molecule has 1 aromatic rings. The first kappa shape index (κ1) is 8.92. The Kier molecular flexibility index (Phi) is 3.25. The lowest BCUT2D eigenvalue weighted by Gasteiger charge is -1.99. The Balaban J connectivity index is 2.98. The first-order valence-electron chi connectivity index (χ1n) is 2.65. The molecule has 0 N–H and O–H groups in total. The van der Waals surface area contributed by atoms with Crippen LogP contribution in [-0.4, -0.2) is 11.5 Å². The smallest absolute Gasteiger partial charge is 0.298 e. The van der Waals surface area contributed by atoms with Gasteiger partial charge in [0.15, 0.2) is 5.75 Å². The van der Waals surface area contributed by atoms with E-state index in [1.165, 1.54) is 6.20 Å². The predicted molar refractivity (Wildman–Crippen MR) is 51.3 cm³/mol. The summed E-state index contributed by atoms with van der Waals surface area (Å²) in [6.45, 7) is 0.382. The van der Waals surface area contributed by atoms with Gasteiger partial charge in [-0.25, -0.2) is 4.98 Å². The van der Waals surface area contributed by atoms with E-state index < -0.39 is 0 Å². The Morgan fingerprint density at radius 1 is 1.73 bits per heavy atom. The van der Waals surface area contributed by atoms with Crippen molar-refractivity contribution in [2.24, 2.45) is 0 Å². The van der Waals surface area contributed by atoms with Crippen molar-refractivity contribution in [3.05, 3.63) is 20.4 Å². The van der Waals surface area contributed by atoms with Gasteiger partial charge >= 0.3 is 0 Å². The monoisotopic (exact) mass is 327 g/mol. The average Bonchev–Trinajstić information content (AvgIpc) is 1.95. The van der Waals surface area contributed by atoms with Crippen molar-refractivity contribution in [1.82, 2.24) is 4.98 Å². The van der Waals surface area contributed by atoms with Crippen LogP contribution in [0.5, 0.6) is 5.75 Å². The molecule has 0 fully saturated rings. The molecule has 0 radical (unpaired) electrons. The van der Waals surface area contributed by atoms with E-state index in [1.807, 2.05) is 0 Å². The third-order valence-electron chi connectivity index (χ3n) is 0.961. The minimum atomic E-state index is 0.382. The Hall–Kier alpha value is -0.170. The molecule has 0 aliphatic heterocycles. The molecule has 1 rings (SSSR count). The van der Waals surface area contributed by atoms with Crippen LogP contribution < -0.4 is 4.74 Å². The second kappa shape index (κ2) is 4.01. The van der Waals surface area contributed by atoms with Gasteiger partial charge in [0.1, 0.15) is 4.60 Å². The maximum absolute atomic E-state index is 9.95. The van der Waals surface area contributed by atoms with Crippen molar-refractivity contribution in [3.63, 3.8) is 0 Å². The van der Waals surface area contributed by atoms with Gasteiger partial charge in [-0.05, 0) is 44.6 Å². The van der Waals surface area contributed by atoms with Gasteiger partial charge in [0.2, 0.25) is 0 Å². The van der Waals surface area contributed by atoms with E-state index in [-0.39, 0.29) is 0 Å². The SMILES string of the molecule is O=COc1cnc(Br)cc1I. The van der Waals surface area contributed by atoms with Crippen LogP contribution in [0.1, 0.15) is 0 Å². The fraction of sp³-hybridized carbons (Fsp3) is 0. The third kappa shape index (κ3) is 2.41. The van der Waals surface area contributed by atoms with E-state index in [9.17, 15) is 4.79 Å². The Labute approximate surface area is 85.4 Å². The normalized spacial score (nSPS) is 9.27. The summed E-state index contributed by atoms with van der Waals surface area (Å²) >= 11 is 5.24. The van der Waals surface area contributed by atoms with Gasteiger partial charge in [0, 0.05) is 0 Å². The number of nitrogens with zero attached hydrogens (tertiary/aromatic N) is 1. The van der Waals surface area contributed by atoms with E-state index >= 15 is 0 Å². The van der Waals surface area contributed by atoms with Crippen molar-refractivity contribution in [3.8, 4) is 5.75 Å². The van der Waals surface area contributed by atoms with E-state index in [1.54, 1.807) is 6.07 Å². The van der Waals surface area contributed by atoms with Crippen molar-refractivity contribution in [2.45, 2.75) is 0 Å². The highest BCUT2D eigenvalue weighted by Crippen LogP contribution is 2.21. The molecular weight excluding hydrogens is 325 g/mol. The average molecular weight is 328 g/mol. The molecule has 0 unspecified atom stereocenters. The Morgan fingerprint density at radius 2 is 2.45 bits per heavy atom. The lowest BCUT2D eigenvalue weighted by Crippen LogP contribution is -1.92. The molecule has 0 saturated heterocycles. The van der Waals surface area contributed by atoms with Crippen LogP contribution in [0.4, 0.5) is 0 Å². The second-order valence-electron chi connectivity index (χ2n) is 1.65. The summed E-state index contributed by atoms with van der Waals surface area (Å²) in [5, 5.41) is 0. The van der Waals surface area contributed by atoms with Crippen molar-refractivity contribution in [1.29, 1.82) is 0 Å². The van der Waals surface area contributed by atoms with Crippen LogP contribution in [0.2, 0.25) is 0 Å². The Morgan fingerprint density at radius 3 is 3.00 bits per heavy atom. The van der Waals surface area contributed by atoms with Crippen molar-refractivity contribution < 1.29 is 9.53 Å². The quantitative estimate of drug-likeness (QED) is 0.474. The standard InChI is InChI=1S/C6H3BrINO2/c7-6-1-4(8)5(2-9-6)11-3-10/h1-3H. The summed E-state index contributed by atoms with van der Waals surface area (Å²) in [6.07, 6.45) is 1.49. The second-order valence-corrected chi connectivity index (χ2v) is 3.63. The highest BCUT2D eigenvalue weighted by atomic mass is 127. The molecular formula is C6H3BrINO2. The topological polar surface area (TPSA) is 39.2 Å². The van der Waals surface area contributed by atoms with Gasteiger partial charge in [-0.3, -0.25) is 4.79 Å². The minimum absolute atomic E-state index is 0.382. The molecule has 0 atom stereocenters. The van der Waals surface area contributed by atoms with Gasteiger partial charge in [-0.1, -0.05) is 0 Å². The van der Waals surface area contributed by atoms with Gasteiger partial charge in [-0.15, -0.1) is 0 Å². The summed E-state index contributed by atoms with van der Waals surface area (Å²) in [5.74, 6) is 0.476. The number of hydrogen-bond donors (Lipinski definition) is 0. The fourth-order valence-electron chi connectivity index (χ4n) is 0.533. The van der Waals surface area contributed by atoms with Crippen LogP contribution in [-0.2, 0) is 4.79 Å². The summed E-state index contributed by atoms with van der Waals surface area (Å²) in [7, 11) is 0. The summed E-state index contributed by atoms with van der Waals surface area (Å²) in [4.78, 5) is 13.8. The molecule has 0 amide bonds. The summed E-state index contributed by atoms with van der Waals surface area (Å²) in [5.41, 5.74) is 0. The van der Waals surface area contributed by atoms with Crippen LogP contribution in [0.15, 0.2) is 16.9 Å². The van der Waals surface area contributed by atoms with E-state index in [2.05, 4.69) is 48.2 Å². The molecule has 0 aromatic carbocycles. The minimum Gasteiger partial charge on any atom is -0.426 e. The molecule has 1 heterocycles. The number of hydrogen-bond acceptors (Lipinski definition) is 3. The van der Waals surface area contributed by atoms with Gasteiger partial charge in [0.05, 0.1) is 9.77 Å². The molecule has 11 heavy (non-hydrogen) atoms. The number of carbonyl (C=O) groups excluding carboxylic acids is 1. The van der Waals surface area contributed by atoms with Crippen molar-refractivity contribution in [2.75, 3.05) is 0 Å². The number of ether oxygens (including phenoxy) is 1. The molecule has 1 aromatic heterocycles. The molecule has 0 aliphatic rings. The number of aromatic nitrogens is 1. The third-order valence-corrected chi connectivity index (χ3v) is 2.24. The number of rotatable bonds is 2. The van der Waals surface area contributed by atoms with E-state index in [4.69, 9.17) is 0 Å². The lowest BCUT2D eigenvalue weighted by molar-refractivity contribution is -0.120. The molecule has 0 saturated carbocycles. The van der Waals surface area contributed by atoms with Gasteiger partial charge in [-0.2, -0.15) is 0 Å². The zero-order valence-electron chi connectivity index (χ0n) is 5.25. The van der Waals surface area contributed by atoms with Crippen LogP contribution in [0.25, 0.3) is 0 Å². The molecule has 0 spiro atoms. The maximum atomic E-state index is 9.95. The largest absolute Gasteiger partial charge is 0.426 e. The maximum Gasteiger partial charge on any atom is 0.298 e. The fourth-order valence-corrected chi connectivity index (χ4v) is 1.85. The lowest BCUT2D eigenvalue weighted by atomic mass is 10.5. The predicted octanol–water partition coefficient (Wildman–Crippen LogP) is 1.98. The van der Waals surface area contributed by atoms with E-state index in [0.717, 1.165) is 8.17 Å². The van der Waals surface area contributed by atoms with Gasteiger partial charge in [0.25, 0.3) is 6.47 Å². The zero-order valence-corrected chi connectivity index (χ0v) is 9.00. The molecule has 58 valence electrons. The summed E-state index contributed by atoms with van der Waals surface area (Å²) in [6, 6.07) is 1.76. The van der Waals surface area contributed by atoms with Crippen LogP contribution >= 0.6 is 38.5 Å². The van der Waals surface area contributed by atoms with E-state index in [0.29, 0.717) is 12.2 Å². The first-order chi connectivity index (χ1) is 5.24. The molecule has 5 heteroatoms. The molecule has 3 nitrogen and oxygen atoms in total. The van der Waals surface area contributed by atoms with Gasteiger partial charge < -0.3 is 4.74 Å². The zero-order chi connectivity index (χ0) is 8.27. The summed E-state index contributed by atoms with van der Waals surface area (Å²) < 4.78 is 6.19. The number of pyridine rings is 1. The van der Waals surface area contributed by atoms with Crippen LogP contribution in [0, 0.1) is 3.57 Å². The molecule has 0 aliphatic carbocycles. The van der Waals surface area contributed by atoms with Crippen LogP contribution in [0.3, 0.4) is 0 Å². The number of carbonyl (C=O) groups is 1. The molecule has 0 bridgehead atoms. The number of halogens is 2. The Bertz CT molecular complexity index is 279. The highest BCUT2D eigenvalue weighted by molar-refractivity contribution is 14.1. The van der Waals surface area contributed by atoms with Crippen molar-refractivity contribution >= 4 is 45.0 Å².